The smallest absolute Gasteiger partial charge is 0.257 e. The van der Waals surface area contributed by atoms with Crippen molar-refractivity contribution < 1.29 is 28.6 Å². The minimum absolute atomic E-state index is 0. The second-order valence-corrected chi connectivity index (χ2v) is 13.1. The molecule has 7 atom stereocenters. The predicted octanol–water partition coefficient (Wildman–Crippen LogP) is 9.51. The van der Waals surface area contributed by atoms with Gasteiger partial charge in [-0.1, -0.05) is 42.0 Å². The highest BCUT2D eigenvalue weighted by Crippen LogP contribution is 2.67. The van der Waals surface area contributed by atoms with Crippen LogP contribution in [-0.2, 0) is 4.79 Å². The van der Waals surface area contributed by atoms with Crippen molar-refractivity contribution in [3.8, 4) is 0 Å². The van der Waals surface area contributed by atoms with E-state index in [1.807, 2.05) is 19.2 Å². The van der Waals surface area contributed by atoms with E-state index >= 15 is 0 Å². The molecule has 0 saturated heterocycles. The number of aliphatic imine (C=N–C) groups is 1. The van der Waals surface area contributed by atoms with Gasteiger partial charge in [0.25, 0.3) is 5.91 Å². The van der Waals surface area contributed by atoms with Gasteiger partial charge in [-0.15, -0.1) is 0 Å². The maximum Gasteiger partial charge on any atom is 0.257 e. The van der Waals surface area contributed by atoms with Gasteiger partial charge in [0.05, 0.1) is 0 Å². The zero-order chi connectivity index (χ0) is 31.4. The summed E-state index contributed by atoms with van der Waals surface area (Å²) in [5, 5.41) is 1.88. The maximum absolute atomic E-state index is 13.1. The lowest BCUT2D eigenvalue weighted by molar-refractivity contribution is -0.107. The number of rotatable bonds is 4. The molecule has 43 heavy (non-hydrogen) atoms. The zero-order valence-electron chi connectivity index (χ0n) is 26.5. The Labute approximate surface area is 258 Å². The highest BCUT2D eigenvalue weighted by molar-refractivity contribution is 5.94. The Bertz CT molecular complexity index is 1150. The number of aldehydes is 1. The van der Waals surface area contributed by atoms with Crippen LogP contribution in [0.25, 0.3) is 0 Å². The number of carbonyl (C=O) groups excluding carboxylic acids is 2. The molecular formula is C35H56F4N2O2. The van der Waals surface area contributed by atoms with Gasteiger partial charge < -0.3 is 10.1 Å². The van der Waals surface area contributed by atoms with Crippen molar-refractivity contribution in [2.75, 3.05) is 13.6 Å². The molecule has 0 radical (unpaired) electrons. The summed E-state index contributed by atoms with van der Waals surface area (Å²) in [6, 6.07) is 0. The van der Waals surface area contributed by atoms with Gasteiger partial charge in [-0.2, -0.15) is 0 Å². The molecule has 4 saturated carbocycles. The summed E-state index contributed by atoms with van der Waals surface area (Å²) in [6.45, 7) is 13.4. The van der Waals surface area contributed by atoms with E-state index < -0.39 is 40.3 Å². The van der Waals surface area contributed by atoms with E-state index in [0.717, 1.165) is 49.8 Å². The Morgan fingerprint density at radius 1 is 0.953 bits per heavy atom. The van der Waals surface area contributed by atoms with Crippen molar-refractivity contribution in [2.24, 2.45) is 45.4 Å². The maximum atomic E-state index is 13.1. The van der Waals surface area contributed by atoms with E-state index in [1.54, 1.807) is 0 Å². The van der Waals surface area contributed by atoms with Crippen molar-refractivity contribution in [3.63, 3.8) is 0 Å². The Kier molecular flexibility index (Phi) is 13.0. The molecule has 7 unspecified atom stereocenters. The topological polar surface area (TPSA) is 58.5 Å². The summed E-state index contributed by atoms with van der Waals surface area (Å²) in [5.74, 6) is -2.97. The van der Waals surface area contributed by atoms with Gasteiger partial charge in [0.1, 0.15) is 11.8 Å². The molecule has 8 heteroatoms. The number of hydrogen-bond donors (Lipinski definition) is 1. The predicted molar refractivity (Wildman–Crippen MR) is 168 cm³/mol. The molecule has 4 aliphatic rings. The lowest BCUT2D eigenvalue weighted by Gasteiger charge is -2.60. The average molecular weight is 613 g/mol. The van der Waals surface area contributed by atoms with Crippen molar-refractivity contribution in [1.29, 1.82) is 0 Å². The normalized spacial score (nSPS) is 33.3. The highest BCUT2D eigenvalue weighted by Gasteiger charge is 2.59. The molecule has 0 aromatic heterocycles. The summed E-state index contributed by atoms with van der Waals surface area (Å²) >= 11 is 0. The Morgan fingerprint density at radius 3 is 2.14 bits per heavy atom. The van der Waals surface area contributed by atoms with Crippen molar-refractivity contribution in [3.05, 3.63) is 34.4 Å². The number of amides is 1. The lowest BCUT2D eigenvalue weighted by atomic mass is 9.45. The van der Waals surface area contributed by atoms with E-state index in [0.29, 0.717) is 23.8 Å². The van der Waals surface area contributed by atoms with Crippen LogP contribution in [0.15, 0.2) is 4.99 Å². The molecule has 4 fully saturated rings. The number of nitrogens with zero attached hydrogens (tertiary/aromatic N) is 1. The fourth-order valence-corrected chi connectivity index (χ4v) is 8.81. The van der Waals surface area contributed by atoms with Crippen LogP contribution < -0.4 is 5.32 Å². The fraction of sp³-hybridized carbons (Fsp3) is 0.743. The molecule has 1 N–H and O–H groups in total. The molecule has 4 nitrogen and oxygen atoms in total. The molecule has 1 aromatic rings. The molecule has 0 spiro atoms. The van der Waals surface area contributed by atoms with Crippen molar-refractivity contribution in [1.82, 2.24) is 5.32 Å². The Hall–Kier alpha value is -2.25. The summed E-state index contributed by atoms with van der Waals surface area (Å²) in [5.41, 5.74) is 0.564. The van der Waals surface area contributed by atoms with Gasteiger partial charge in [-0.3, -0.25) is 9.79 Å². The first-order valence-electron chi connectivity index (χ1n) is 15.9. The van der Waals surface area contributed by atoms with E-state index in [2.05, 4.69) is 20.8 Å². The second kappa shape index (κ2) is 15.2. The number of nitrogens with one attached hydrogen (secondary N) is 1. The molecule has 246 valence electrons. The van der Waals surface area contributed by atoms with Crippen LogP contribution in [0.1, 0.15) is 124 Å². The average Bonchev–Trinajstić information content (AvgIpc) is 3.30. The Balaban J connectivity index is 0.000000443. The van der Waals surface area contributed by atoms with Crippen LogP contribution >= 0.6 is 0 Å². The molecular weight excluding hydrogens is 556 g/mol. The first-order chi connectivity index (χ1) is 19.9. The van der Waals surface area contributed by atoms with E-state index in [9.17, 15) is 27.2 Å². The van der Waals surface area contributed by atoms with E-state index in [-0.39, 0.29) is 8.85 Å². The first kappa shape index (κ1) is 36.9. The zero-order valence-corrected chi connectivity index (χ0v) is 26.5. The third-order valence-electron chi connectivity index (χ3n) is 11.5. The third kappa shape index (κ3) is 6.88. The van der Waals surface area contributed by atoms with Crippen LogP contribution in [0, 0.1) is 70.6 Å². The van der Waals surface area contributed by atoms with Gasteiger partial charge in [0.2, 0.25) is 0 Å². The van der Waals surface area contributed by atoms with Crippen molar-refractivity contribution >= 4 is 17.9 Å². The monoisotopic (exact) mass is 612 g/mol. The van der Waals surface area contributed by atoms with Crippen LogP contribution in [-0.4, -0.2) is 31.5 Å². The number of fused-ring (bicyclic) bond motifs is 5. The van der Waals surface area contributed by atoms with E-state index in [4.69, 9.17) is 4.99 Å². The van der Waals surface area contributed by atoms with Crippen LogP contribution in [0.5, 0.6) is 0 Å². The van der Waals surface area contributed by atoms with Gasteiger partial charge in [0, 0.05) is 32.7 Å². The third-order valence-corrected chi connectivity index (χ3v) is 11.5. The van der Waals surface area contributed by atoms with Crippen LogP contribution in [0.3, 0.4) is 0 Å². The van der Waals surface area contributed by atoms with Crippen molar-refractivity contribution in [2.45, 2.75) is 113 Å². The highest BCUT2D eigenvalue weighted by atomic mass is 19.2. The molecule has 5 rings (SSSR count). The van der Waals surface area contributed by atoms with Gasteiger partial charge in [-0.25, -0.2) is 17.6 Å². The van der Waals surface area contributed by atoms with Gasteiger partial charge >= 0.3 is 0 Å². The second-order valence-electron chi connectivity index (χ2n) is 13.1. The largest absolute Gasteiger partial charge is 0.355 e. The molecule has 1 aromatic carbocycles. The molecule has 0 bridgehead atoms. The van der Waals surface area contributed by atoms with Crippen LogP contribution in [0.4, 0.5) is 17.6 Å². The minimum Gasteiger partial charge on any atom is -0.355 e. The molecule has 0 heterocycles. The van der Waals surface area contributed by atoms with Crippen LogP contribution in [0.2, 0.25) is 0 Å². The SMILES string of the molecule is C.CC.CC1CCC2C3CCC4CC(=NCCC=O)CCC4(C)C3CCC12C.CNC(=O)c1c(F)c(F)c(C)c(F)c1F.[HH]. The number of carbonyl (C=O) groups is 2. The number of halogens is 4. The van der Waals surface area contributed by atoms with Gasteiger partial charge in [-0.05, 0) is 105 Å². The summed E-state index contributed by atoms with van der Waals surface area (Å²) in [7, 11) is 1.09. The Morgan fingerprint density at radius 2 is 1.56 bits per heavy atom. The minimum atomic E-state index is -1.69. The quantitative estimate of drug-likeness (QED) is 0.159. The summed E-state index contributed by atoms with van der Waals surface area (Å²) in [6.07, 6.45) is 14.2. The molecule has 0 aliphatic heterocycles. The number of hydrogen-bond acceptors (Lipinski definition) is 3. The molecule has 1 amide bonds. The number of benzene rings is 1. The van der Waals surface area contributed by atoms with E-state index in [1.165, 1.54) is 63.5 Å². The fourth-order valence-electron chi connectivity index (χ4n) is 8.81. The summed E-state index contributed by atoms with van der Waals surface area (Å²) in [4.78, 5) is 26.3. The summed E-state index contributed by atoms with van der Waals surface area (Å²) < 4.78 is 52.1. The van der Waals surface area contributed by atoms with Gasteiger partial charge in [0.15, 0.2) is 23.3 Å². The first-order valence-corrected chi connectivity index (χ1v) is 15.9. The standard InChI is InChI=1S/C23H37NO.C9H7F4NO.C2H6.CH4.H2/c1-16-5-8-20-19-7-6-17-15-18(24-13-4-14-25)9-11-23(17,3)21(19)10-12-22(16,20)2;1-3-5(10)7(12)4(9(15)14-2)8(13)6(3)11;1-2;;/h14,16-17,19-21H,4-13,15H2,1-3H3;1-2H3,(H,14,15);1-2H3;1H4;1H. The lowest BCUT2D eigenvalue weighted by Crippen LogP contribution is -2.53. The molecule has 4 aliphatic carbocycles.